The number of thioether (sulfide) groups is 1. The minimum Gasteiger partial charge on any atom is -0.508 e. The first-order valence-corrected chi connectivity index (χ1v) is 12.6. The van der Waals surface area contributed by atoms with E-state index in [4.69, 9.17) is 19.3 Å². The lowest BCUT2D eigenvalue weighted by Gasteiger charge is -2.17. The SMILES string of the molecule is CC.COc1ccccc1.Oc1ccccc1.c1ccc(COc2ccc3c(c2)SCCO3)cc1. The lowest BCUT2D eigenvalue weighted by Crippen LogP contribution is -2.06. The van der Waals surface area contributed by atoms with Gasteiger partial charge < -0.3 is 19.3 Å². The number of ether oxygens (including phenoxy) is 3. The second-order valence-electron chi connectivity index (χ2n) is 6.93. The largest absolute Gasteiger partial charge is 0.508 e. The van der Waals surface area contributed by atoms with Gasteiger partial charge >= 0.3 is 0 Å². The van der Waals surface area contributed by atoms with Crippen molar-refractivity contribution < 1.29 is 19.3 Å². The Balaban J connectivity index is 0.000000210. The van der Waals surface area contributed by atoms with Gasteiger partial charge in [0.2, 0.25) is 0 Å². The van der Waals surface area contributed by atoms with Crippen molar-refractivity contribution in [2.75, 3.05) is 19.5 Å². The third kappa shape index (κ3) is 10.9. The van der Waals surface area contributed by atoms with Gasteiger partial charge in [0.05, 0.1) is 18.6 Å². The van der Waals surface area contributed by atoms with Gasteiger partial charge in [-0.05, 0) is 48.0 Å². The molecule has 0 atom stereocenters. The van der Waals surface area contributed by atoms with Crippen LogP contribution in [0.1, 0.15) is 19.4 Å². The molecule has 1 N–H and O–H groups in total. The molecule has 4 aromatic carbocycles. The van der Waals surface area contributed by atoms with Crippen molar-refractivity contribution in [3.05, 3.63) is 115 Å². The van der Waals surface area contributed by atoms with Crippen LogP contribution in [0, 0.1) is 0 Å². The van der Waals surface area contributed by atoms with E-state index in [-0.39, 0.29) is 0 Å². The highest BCUT2D eigenvalue weighted by molar-refractivity contribution is 7.99. The summed E-state index contributed by atoms with van der Waals surface area (Å²) in [6.07, 6.45) is 0. The second-order valence-corrected chi connectivity index (χ2v) is 8.07. The van der Waals surface area contributed by atoms with Crippen LogP contribution in [0.5, 0.6) is 23.0 Å². The monoisotopic (exact) mass is 490 g/mol. The number of phenols is 1. The van der Waals surface area contributed by atoms with Crippen molar-refractivity contribution in [2.45, 2.75) is 25.3 Å². The van der Waals surface area contributed by atoms with Crippen molar-refractivity contribution in [3.63, 3.8) is 0 Å². The fourth-order valence-corrected chi connectivity index (χ4v) is 3.69. The Morgan fingerprint density at radius 2 is 1.37 bits per heavy atom. The summed E-state index contributed by atoms with van der Waals surface area (Å²) < 4.78 is 16.3. The number of aromatic hydroxyl groups is 1. The Kier molecular flexibility index (Phi) is 13.4. The molecule has 0 spiro atoms. The molecule has 0 unspecified atom stereocenters. The van der Waals surface area contributed by atoms with Crippen molar-refractivity contribution in [3.8, 4) is 23.0 Å². The van der Waals surface area contributed by atoms with Gasteiger partial charge in [-0.2, -0.15) is 0 Å². The molecule has 5 heteroatoms. The number of fused-ring (bicyclic) bond motifs is 1. The maximum absolute atomic E-state index is 8.63. The number of benzene rings is 4. The van der Waals surface area contributed by atoms with Crippen LogP contribution in [-0.4, -0.2) is 24.6 Å². The molecule has 0 saturated carbocycles. The molecule has 0 amide bonds. The van der Waals surface area contributed by atoms with Crippen molar-refractivity contribution >= 4 is 11.8 Å². The summed E-state index contributed by atoms with van der Waals surface area (Å²) in [6.45, 7) is 5.40. The highest BCUT2D eigenvalue weighted by Gasteiger charge is 2.11. The van der Waals surface area contributed by atoms with Crippen LogP contribution in [0.2, 0.25) is 0 Å². The van der Waals surface area contributed by atoms with Crippen LogP contribution < -0.4 is 14.2 Å². The highest BCUT2D eigenvalue weighted by Crippen LogP contribution is 2.35. The Labute approximate surface area is 213 Å². The van der Waals surface area contributed by atoms with Gasteiger partial charge in [0.1, 0.15) is 29.6 Å². The fraction of sp³-hybridized carbons (Fsp3) is 0.200. The molecule has 184 valence electrons. The van der Waals surface area contributed by atoms with Crippen LogP contribution in [-0.2, 0) is 6.61 Å². The lowest BCUT2D eigenvalue weighted by molar-refractivity contribution is 0.300. The molecule has 1 aliphatic rings. The predicted molar refractivity (Wildman–Crippen MR) is 146 cm³/mol. The Morgan fingerprint density at radius 3 is 1.91 bits per heavy atom. The molecule has 0 bridgehead atoms. The van der Waals surface area contributed by atoms with Crippen molar-refractivity contribution in [2.24, 2.45) is 0 Å². The van der Waals surface area contributed by atoms with Gasteiger partial charge in [0.25, 0.3) is 0 Å². The molecule has 0 fully saturated rings. The van der Waals surface area contributed by atoms with E-state index in [0.717, 1.165) is 29.6 Å². The molecule has 0 aliphatic carbocycles. The summed E-state index contributed by atoms with van der Waals surface area (Å²) in [5.41, 5.74) is 1.18. The van der Waals surface area contributed by atoms with Crippen LogP contribution in [0.25, 0.3) is 0 Å². The van der Waals surface area contributed by atoms with Crippen LogP contribution in [0.15, 0.2) is 114 Å². The third-order valence-electron chi connectivity index (χ3n) is 4.50. The van der Waals surface area contributed by atoms with E-state index in [9.17, 15) is 0 Å². The van der Waals surface area contributed by atoms with E-state index in [1.807, 2.05) is 92.3 Å². The van der Waals surface area contributed by atoms with Gasteiger partial charge in [0.15, 0.2) is 0 Å². The Bertz CT molecular complexity index is 1060. The Morgan fingerprint density at radius 1 is 0.771 bits per heavy atom. The van der Waals surface area contributed by atoms with E-state index >= 15 is 0 Å². The number of rotatable bonds is 4. The molecule has 0 aromatic heterocycles. The smallest absolute Gasteiger partial charge is 0.133 e. The summed E-state index contributed by atoms with van der Waals surface area (Å²) in [4.78, 5) is 1.17. The first-order valence-electron chi connectivity index (χ1n) is 11.6. The molecule has 4 aromatic rings. The zero-order valence-electron chi connectivity index (χ0n) is 20.6. The number of para-hydroxylation sites is 2. The van der Waals surface area contributed by atoms with Gasteiger partial charge in [-0.3, -0.25) is 0 Å². The summed E-state index contributed by atoms with van der Waals surface area (Å²) in [5.74, 6) is 4.11. The van der Waals surface area contributed by atoms with E-state index in [1.54, 1.807) is 31.4 Å². The van der Waals surface area contributed by atoms with E-state index < -0.39 is 0 Å². The first-order chi connectivity index (χ1) is 17.2. The zero-order chi connectivity index (χ0) is 25.1. The minimum atomic E-state index is 0.322. The molecule has 5 rings (SSSR count). The maximum atomic E-state index is 8.63. The second kappa shape index (κ2) is 17.0. The van der Waals surface area contributed by atoms with Crippen LogP contribution in [0.3, 0.4) is 0 Å². The molecule has 1 heterocycles. The molecule has 0 radical (unpaired) electrons. The van der Waals surface area contributed by atoms with Crippen molar-refractivity contribution in [1.29, 1.82) is 0 Å². The Hall–Kier alpha value is -3.57. The van der Waals surface area contributed by atoms with Gasteiger partial charge in [0, 0.05) is 5.75 Å². The summed E-state index contributed by atoms with van der Waals surface area (Å²) in [5, 5.41) is 8.63. The van der Waals surface area contributed by atoms with E-state index in [2.05, 4.69) is 18.2 Å². The number of methoxy groups -OCH3 is 1. The quantitative estimate of drug-likeness (QED) is 0.315. The van der Waals surface area contributed by atoms with Crippen LogP contribution >= 0.6 is 11.8 Å². The minimum absolute atomic E-state index is 0.322. The van der Waals surface area contributed by atoms with Gasteiger partial charge in [-0.15, -0.1) is 11.8 Å². The average Bonchev–Trinajstić information content (AvgIpc) is 2.95. The standard InChI is InChI=1S/C15H14O2S.C7H8O.C6H6O.C2H6/c1-2-4-12(5-3-1)11-17-13-6-7-14-15(10-13)18-9-8-16-14;1-8-7-5-3-2-4-6-7;7-6-4-2-1-3-5-6;1-2/h1-7,10H,8-9,11H2;2-6H,1H3;1-5,7H;1-2H3. The molecule has 35 heavy (non-hydrogen) atoms. The third-order valence-corrected chi connectivity index (χ3v) is 5.50. The molecule has 1 aliphatic heterocycles. The average molecular weight is 491 g/mol. The van der Waals surface area contributed by atoms with Gasteiger partial charge in [-0.1, -0.05) is 80.6 Å². The summed E-state index contributed by atoms with van der Waals surface area (Å²) in [7, 11) is 1.66. The molecule has 0 saturated heterocycles. The molecular weight excluding hydrogens is 456 g/mol. The molecule has 4 nitrogen and oxygen atoms in total. The number of hydrogen-bond acceptors (Lipinski definition) is 5. The van der Waals surface area contributed by atoms with E-state index in [0.29, 0.717) is 12.4 Å². The first kappa shape index (κ1) is 27.7. The number of hydrogen-bond donors (Lipinski definition) is 1. The maximum Gasteiger partial charge on any atom is 0.133 e. The van der Waals surface area contributed by atoms with Gasteiger partial charge in [-0.25, -0.2) is 0 Å². The summed E-state index contributed by atoms with van der Waals surface area (Å²) in [6, 6.07) is 34.6. The topological polar surface area (TPSA) is 47.9 Å². The van der Waals surface area contributed by atoms with E-state index in [1.165, 1.54) is 10.5 Å². The zero-order valence-corrected chi connectivity index (χ0v) is 21.4. The highest BCUT2D eigenvalue weighted by atomic mass is 32.2. The molecular formula is C30H34O4S. The van der Waals surface area contributed by atoms with Crippen molar-refractivity contribution in [1.82, 2.24) is 0 Å². The summed E-state index contributed by atoms with van der Waals surface area (Å²) >= 11 is 1.82. The predicted octanol–water partition coefficient (Wildman–Crippen LogP) is 7.86. The fourth-order valence-electron chi connectivity index (χ4n) is 2.84. The number of phenolic OH excluding ortho intramolecular Hbond substituents is 1. The van der Waals surface area contributed by atoms with Crippen LogP contribution in [0.4, 0.5) is 0 Å². The normalized spacial score (nSPS) is 10.8. The lowest BCUT2D eigenvalue weighted by atomic mass is 10.2.